The van der Waals surface area contributed by atoms with Crippen LogP contribution in [0.4, 0.5) is 4.79 Å². The lowest BCUT2D eigenvalue weighted by Crippen LogP contribution is -2.47. The second-order valence-electron chi connectivity index (χ2n) is 12.5. The molecule has 0 saturated heterocycles. The van der Waals surface area contributed by atoms with Crippen LogP contribution in [-0.2, 0) is 4.79 Å². The van der Waals surface area contributed by atoms with Crippen LogP contribution in [0, 0.1) is 10.8 Å². The van der Waals surface area contributed by atoms with Gasteiger partial charge in [0.1, 0.15) is 34.5 Å². The number of nitrogens with one attached hydrogen (secondary N) is 1. The largest absolute Gasteiger partial charge is 0.457 e. The van der Waals surface area contributed by atoms with E-state index in [1.165, 1.54) is 0 Å². The number of para-hydroxylation sites is 2. The Morgan fingerprint density at radius 2 is 1.20 bits per heavy atom. The van der Waals surface area contributed by atoms with Crippen molar-refractivity contribution in [2.45, 2.75) is 58.9 Å². The summed E-state index contributed by atoms with van der Waals surface area (Å²) in [5.41, 5.74) is -0.179. The van der Waals surface area contributed by atoms with Crippen molar-refractivity contribution in [1.82, 2.24) is 5.32 Å². The Balaban J connectivity index is 1.12. The summed E-state index contributed by atoms with van der Waals surface area (Å²) in [6.07, 6.45) is 2.91. The summed E-state index contributed by atoms with van der Waals surface area (Å²) in [5.74, 6) is 3.27. The molecule has 0 radical (unpaired) electrons. The molecule has 1 fully saturated rings. The van der Waals surface area contributed by atoms with E-state index in [0.29, 0.717) is 35.2 Å². The van der Waals surface area contributed by atoms with Gasteiger partial charge in [0.15, 0.2) is 0 Å². The van der Waals surface area contributed by atoms with Crippen molar-refractivity contribution in [2.75, 3.05) is 0 Å². The highest BCUT2D eigenvalue weighted by Gasteiger charge is 2.42. The lowest BCUT2D eigenvalue weighted by atomic mass is 9.61. The third kappa shape index (κ3) is 9.11. The molecule has 4 aromatic carbocycles. The molecule has 0 bridgehead atoms. The van der Waals surface area contributed by atoms with Gasteiger partial charge < -0.3 is 24.3 Å². The molecule has 2 unspecified atom stereocenters. The van der Waals surface area contributed by atoms with E-state index in [1.54, 1.807) is 42.5 Å². The lowest BCUT2D eigenvalue weighted by Gasteiger charge is -2.46. The van der Waals surface area contributed by atoms with Gasteiger partial charge >= 0.3 is 12.1 Å². The van der Waals surface area contributed by atoms with E-state index in [4.69, 9.17) is 18.9 Å². The van der Waals surface area contributed by atoms with Crippen LogP contribution in [0.25, 0.3) is 0 Å². The van der Waals surface area contributed by atoms with Gasteiger partial charge in [-0.25, -0.2) is 4.79 Å². The first-order chi connectivity index (χ1) is 21.1. The smallest absolute Gasteiger partial charge is 0.412 e. The first-order valence-corrected chi connectivity index (χ1v) is 15.0. The summed E-state index contributed by atoms with van der Waals surface area (Å²) < 4.78 is 22.9. The van der Waals surface area contributed by atoms with Crippen molar-refractivity contribution in [1.29, 1.82) is 0 Å². The maximum Gasteiger partial charge on any atom is 0.412 e. The SMILES string of the molecule is CC1(C)CC(NC(=O)Oc2ccc(Oc3ccccc3)cc2)CC(C)(CCC(=O)Oc2cccc(Oc3ccccc3)c2)C1. The number of carbonyl (C=O) groups is 2. The molecule has 0 aromatic heterocycles. The molecule has 1 amide bonds. The molecule has 7 heteroatoms. The minimum Gasteiger partial charge on any atom is -0.457 e. The maximum absolute atomic E-state index is 12.9. The van der Waals surface area contributed by atoms with Crippen molar-refractivity contribution >= 4 is 12.1 Å². The number of carbonyl (C=O) groups excluding carboxylic acids is 2. The van der Waals surface area contributed by atoms with E-state index in [-0.39, 0.29) is 29.3 Å². The van der Waals surface area contributed by atoms with Gasteiger partial charge in [0.2, 0.25) is 0 Å². The fourth-order valence-electron chi connectivity index (χ4n) is 6.24. The molecule has 1 aliphatic carbocycles. The van der Waals surface area contributed by atoms with Gasteiger partial charge in [-0.2, -0.15) is 0 Å². The minimum atomic E-state index is -0.496. The van der Waals surface area contributed by atoms with Crippen LogP contribution >= 0.6 is 0 Å². The minimum absolute atomic E-state index is 0.0195. The van der Waals surface area contributed by atoms with Gasteiger partial charge in [-0.3, -0.25) is 4.79 Å². The van der Waals surface area contributed by atoms with Crippen LogP contribution in [0.15, 0.2) is 109 Å². The third-order valence-electron chi connectivity index (χ3n) is 7.73. The van der Waals surface area contributed by atoms with Crippen molar-refractivity contribution in [3.8, 4) is 34.5 Å². The Morgan fingerprint density at radius 1 is 0.659 bits per heavy atom. The van der Waals surface area contributed by atoms with Gasteiger partial charge in [0.25, 0.3) is 0 Å². The fraction of sp³-hybridized carbons (Fsp3) is 0.297. The molecule has 44 heavy (non-hydrogen) atoms. The van der Waals surface area contributed by atoms with E-state index in [0.717, 1.165) is 25.0 Å². The van der Waals surface area contributed by atoms with Crippen LogP contribution in [0.3, 0.4) is 0 Å². The van der Waals surface area contributed by atoms with Gasteiger partial charge in [-0.05, 0) is 97.2 Å². The van der Waals surface area contributed by atoms with E-state index < -0.39 is 6.09 Å². The summed E-state index contributed by atoms with van der Waals surface area (Å²) in [6.45, 7) is 6.58. The van der Waals surface area contributed by atoms with Crippen LogP contribution in [0.5, 0.6) is 34.5 Å². The summed E-state index contributed by atoms with van der Waals surface area (Å²) in [4.78, 5) is 25.7. The Morgan fingerprint density at radius 3 is 1.86 bits per heavy atom. The highest BCUT2D eigenvalue weighted by molar-refractivity contribution is 5.72. The molecule has 0 heterocycles. The third-order valence-corrected chi connectivity index (χ3v) is 7.73. The number of hydrogen-bond acceptors (Lipinski definition) is 6. The zero-order valence-corrected chi connectivity index (χ0v) is 25.5. The molecule has 7 nitrogen and oxygen atoms in total. The first kappa shape index (κ1) is 30.7. The lowest BCUT2D eigenvalue weighted by molar-refractivity contribution is -0.135. The molecule has 1 N–H and O–H groups in total. The second-order valence-corrected chi connectivity index (χ2v) is 12.5. The highest BCUT2D eigenvalue weighted by Crippen LogP contribution is 2.48. The number of esters is 1. The molecule has 0 spiro atoms. The van der Waals surface area contributed by atoms with E-state index in [2.05, 4.69) is 26.1 Å². The molecule has 2 atom stereocenters. The van der Waals surface area contributed by atoms with Crippen LogP contribution in [-0.4, -0.2) is 18.1 Å². The molecule has 1 saturated carbocycles. The van der Waals surface area contributed by atoms with Gasteiger partial charge in [0.05, 0.1) is 0 Å². The number of benzene rings is 4. The summed E-state index contributed by atoms with van der Waals surface area (Å²) in [5, 5.41) is 3.06. The standard InChI is InChI=1S/C37H39NO6/c1-36(2)24-27(38-35(40)44-31-19-17-30(18-20-31)41-28-11-6-4-7-12-28)25-37(3,26-36)22-21-34(39)43-33-16-10-15-32(23-33)42-29-13-8-5-9-14-29/h4-20,23,27H,21-22,24-26H2,1-3H3,(H,38,40). The number of amides is 1. The average Bonchev–Trinajstić information content (AvgIpc) is 2.97. The van der Waals surface area contributed by atoms with E-state index in [1.807, 2.05) is 66.7 Å². The number of rotatable bonds is 10. The Bertz CT molecular complexity index is 1540. The predicted molar refractivity (Wildman–Crippen MR) is 169 cm³/mol. The van der Waals surface area contributed by atoms with Crippen LogP contribution in [0.1, 0.15) is 52.9 Å². The normalized spacial score (nSPS) is 18.9. The monoisotopic (exact) mass is 593 g/mol. The molecule has 4 aromatic rings. The Labute approximate surface area is 259 Å². The predicted octanol–water partition coefficient (Wildman–Crippen LogP) is 9.33. The molecular formula is C37H39NO6. The summed E-state index contributed by atoms with van der Waals surface area (Å²) in [7, 11) is 0. The molecule has 228 valence electrons. The van der Waals surface area contributed by atoms with Crippen molar-refractivity contribution < 1.29 is 28.5 Å². The zero-order chi connectivity index (χ0) is 31.0. The summed E-state index contributed by atoms with van der Waals surface area (Å²) in [6, 6.07) is 32.9. The van der Waals surface area contributed by atoms with E-state index >= 15 is 0 Å². The van der Waals surface area contributed by atoms with Gasteiger partial charge in [0, 0.05) is 18.5 Å². The molecular weight excluding hydrogens is 554 g/mol. The Hall–Kier alpha value is -4.78. The number of hydrogen-bond donors (Lipinski definition) is 1. The maximum atomic E-state index is 12.9. The Kier molecular flexibility index (Phi) is 9.53. The topological polar surface area (TPSA) is 83.1 Å². The van der Waals surface area contributed by atoms with Crippen LogP contribution < -0.4 is 24.3 Å². The van der Waals surface area contributed by atoms with Gasteiger partial charge in [-0.15, -0.1) is 0 Å². The molecule has 1 aliphatic rings. The summed E-state index contributed by atoms with van der Waals surface area (Å²) >= 11 is 0. The first-order valence-electron chi connectivity index (χ1n) is 15.0. The average molecular weight is 594 g/mol. The highest BCUT2D eigenvalue weighted by atomic mass is 16.6. The van der Waals surface area contributed by atoms with Gasteiger partial charge in [-0.1, -0.05) is 63.2 Å². The number of ether oxygens (including phenoxy) is 4. The second kappa shape index (κ2) is 13.7. The van der Waals surface area contributed by atoms with Crippen molar-refractivity contribution in [3.63, 3.8) is 0 Å². The fourth-order valence-corrected chi connectivity index (χ4v) is 6.24. The zero-order valence-electron chi connectivity index (χ0n) is 25.5. The molecule has 0 aliphatic heterocycles. The molecule has 5 rings (SSSR count). The quantitative estimate of drug-likeness (QED) is 0.146. The van der Waals surface area contributed by atoms with Crippen LogP contribution in [0.2, 0.25) is 0 Å². The van der Waals surface area contributed by atoms with Crippen molar-refractivity contribution in [2.24, 2.45) is 10.8 Å². The van der Waals surface area contributed by atoms with E-state index in [9.17, 15) is 9.59 Å². The van der Waals surface area contributed by atoms with Crippen molar-refractivity contribution in [3.05, 3.63) is 109 Å².